The minimum atomic E-state index is 0.717. The predicted molar refractivity (Wildman–Crippen MR) is 84.8 cm³/mol. The molecule has 2 nitrogen and oxygen atoms in total. The molecule has 0 bridgehead atoms. The van der Waals surface area contributed by atoms with Gasteiger partial charge in [0.05, 0.1) is 0 Å². The monoisotopic (exact) mass is 272 g/mol. The summed E-state index contributed by atoms with van der Waals surface area (Å²) < 4.78 is 0. The SMILES string of the molecule is Cc1ccc(CN2CCCC(NCC3CCC3)C2)cc1. The van der Waals surface area contributed by atoms with E-state index in [4.69, 9.17) is 0 Å². The van der Waals surface area contributed by atoms with Gasteiger partial charge in [0.1, 0.15) is 0 Å². The van der Waals surface area contributed by atoms with Gasteiger partial charge in [-0.3, -0.25) is 4.90 Å². The lowest BCUT2D eigenvalue weighted by Gasteiger charge is -2.35. The Balaban J connectivity index is 1.45. The van der Waals surface area contributed by atoms with Crippen molar-refractivity contribution in [1.82, 2.24) is 10.2 Å². The van der Waals surface area contributed by atoms with E-state index < -0.39 is 0 Å². The number of aryl methyl sites for hydroxylation is 1. The third-order valence-corrected chi connectivity index (χ3v) is 4.95. The minimum Gasteiger partial charge on any atom is -0.312 e. The zero-order chi connectivity index (χ0) is 13.8. The Kier molecular flexibility index (Phi) is 4.74. The molecule has 2 fully saturated rings. The Labute approximate surface area is 123 Å². The molecular weight excluding hydrogens is 244 g/mol. The van der Waals surface area contributed by atoms with Gasteiger partial charge in [0.2, 0.25) is 0 Å². The van der Waals surface area contributed by atoms with Gasteiger partial charge in [0.15, 0.2) is 0 Å². The standard InChI is InChI=1S/C18H28N2/c1-15-7-9-17(10-8-15)13-20-11-3-6-18(14-20)19-12-16-4-2-5-16/h7-10,16,18-19H,2-6,11-14H2,1H3. The van der Waals surface area contributed by atoms with Crippen molar-refractivity contribution in [3.05, 3.63) is 35.4 Å². The van der Waals surface area contributed by atoms with Gasteiger partial charge in [-0.25, -0.2) is 0 Å². The van der Waals surface area contributed by atoms with Gasteiger partial charge in [0.25, 0.3) is 0 Å². The van der Waals surface area contributed by atoms with E-state index in [9.17, 15) is 0 Å². The Morgan fingerprint density at radius 3 is 2.60 bits per heavy atom. The lowest BCUT2D eigenvalue weighted by atomic mass is 9.85. The molecule has 1 unspecified atom stereocenters. The summed E-state index contributed by atoms with van der Waals surface area (Å²) in [5.74, 6) is 0.975. The van der Waals surface area contributed by atoms with Gasteiger partial charge in [-0.05, 0) is 57.2 Å². The van der Waals surface area contributed by atoms with Crippen LogP contribution in [0.5, 0.6) is 0 Å². The lowest BCUT2D eigenvalue weighted by molar-refractivity contribution is 0.173. The number of benzene rings is 1. The molecular formula is C18H28N2. The Hall–Kier alpha value is -0.860. The van der Waals surface area contributed by atoms with Crippen molar-refractivity contribution in [2.24, 2.45) is 5.92 Å². The Bertz CT molecular complexity index is 408. The summed E-state index contributed by atoms with van der Waals surface area (Å²) in [5.41, 5.74) is 2.81. The van der Waals surface area contributed by atoms with Crippen LogP contribution < -0.4 is 5.32 Å². The summed E-state index contributed by atoms with van der Waals surface area (Å²) in [5, 5.41) is 3.81. The second kappa shape index (κ2) is 6.73. The average molecular weight is 272 g/mol. The molecule has 1 aromatic carbocycles. The van der Waals surface area contributed by atoms with E-state index in [2.05, 4.69) is 41.4 Å². The highest BCUT2D eigenvalue weighted by atomic mass is 15.2. The summed E-state index contributed by atoms with van der Waals surface area (Å²) in [6, 6.07) is 9.73. The van der Waals surface area contributed by atoms with E-state index in [1.807, 2.05) is 0 Å². The van der Waals surface area contributed by atoms with Crippen molar-refractivity contribution in [1.29, 1.82) is 0 Å². The lowest BCUT2D eigenvalue weighted by Crippen LogP contribution is -2.47. The number of piperidine rings is 1. The minimum absolute atomic E-state index is 0.717. The largest absolute Gasteiger partial charge is 0.312 e. The predicted octanol–water partition coefficient (Wildman–Crippen LogP) is 3.35. The molecule has 1 heterocycles. The first-order chi connectivity index (χ1) is 9.79. The second-order valence-corrected chi connectivity index (χ2v) is 6.77. The van der Waals surface area contributed by atoms with E-state index in [-0.39, 0.29) is 0 Å². The highest BCUT2D eigenvalue weighted by Crippen LogP contribution is 2.25. The van der Waals surface area contributed by atoms with Crippen LogP contribution in [0.1, 0.15) is 43.2 Å². The third kappa shape index (κ3) is 3.83. The van der Waals surface area contributed by atoms with Crippen LogP contribution >= 0.6 is 0 Å². The van der Waals surface area contributed by atoms with Crippen molar-refractivity contribution in [3.63, 3.8) is 0 Å². The molecule has 110 valence electrons. The summed E-state index contributed by atoms with van der Waals surface area (Å²) in [7, 11) is 0. The second-order valence-electron chi connectivity index (χ2n) is 6.77. The molecule has 0 amide bonds. The van der Waals surface area contributed by atoms with Crippen LogP contribution in [0.15, 0.2) is 24.3 Å². The maximum absolute atomic E-state index is 3.81. The van der Waals surface area contributed by atoms with Crippen molar-refractivity contribution in [3.8, 4) is 0 Å². The maximum atomic E-state index is 3.81. The number of hydrogen-bond donors (Lipinski definition) is 1. The summed E-state index contributed by atoms with van der Waals surface area (Å²) in [6.07, 6.45) is 7.06. The fourth-order valence-corrected chi connectivity index (χ4v) is 3.35. The molecule has 1 aromatic rings. The molecule has 1 saturated heterocycles. The highest BCUT2D eigenvalue weighted by Gasteiger charge is 2.22. The van der Waals surface area contributed by atoms with E-state index in [1.165, 1.54) is 62.9 Å². The number of hydrogen-bond acceptors (Lipinski definition) is 2. The summed E-state index contributed by atoms with van der Waals surface area (Å²) in [4.78, 5) is 2.62. The topological polar surface area (TPSA) is 15.3 Å². The van der Waals surface area contributed by atoms with Crippen LogP contribution in [0.4, 0.5) is 0 Å². The van der Waals surface area contributed by atoms with Crippen LogP contribution in [0.25, 0.3) is 0 Å². The smallest absolute Gasteiger partial charge is 0.0234 e. The van der Waals surface area contributed by atoms with Gasteiger partial charge in [-0.15, -0.1) is 0 Å². The molecule has 0 radical (unpaired) electrons. The third-order valence-electron chi connectivity index (χ3n) is 4.95. The molecule has 2 heteroatoms. The number of nitrogens with zero attached hydrogens (tertiary/aromatic N) is 1. The fraction of sp³-hybridized carbons (Fsp3) is 0.667. The van der Waals surface area contributed by atoms with E-state index in [1.54, 1.807) is 0 Å². The molecule has 0 spiro atoms. The maximum Gasteiger partial charge on any atom is 0.0234 e. The van der Waals surface area contributed by atoms with Crippen molar-refractivity contribution in [2.45, 2.75) is 51.6 Å². The van der Waals surface area contributed by atoms with E-state index >= 15 is 0 Å². The van der Waals surface area contributed by atoms with E-state index in [0.29, 0.717) is 0 Å². The van der Waals surface area contributed by atoms with Gasteiger partial charge in [-0.2, -0.15) is 0 Å². The molecule has 1 N–H and O–H groups in total. The zero-order valence-corrected chi connectivity index (χ0v) is 12.8. The average Bonchev–Trinajstić information content (AvgIpc) is 2.40. The molecule has 1 atom stereocenters. The Morgan fingerprint density at radius 1 is 1.10 bits per heavy atom. The quantitative estimate of drug-likeness (QED) is 0.884. The van der Waals surface area contributed by atoms with E-state index in [0.717, 1.165) is 18.5 Å². The highest BCUT2D eigenvalue weighted by molar-refractivity contribution is 5.21. The van der Waals surface area contributed by atoms with Crippen LogP contribution in [-0.4, -0.2) is 30.6 Å². The molecule has 1 aliphatic carbocycles. The summed E-state index contributed by atoms with van der Waals surface area (Å²) >= 11 is 0. The first-order valence-corrected chi connectivity index (χ1v) is 8.31. The van der Waals surface area contributed by atoms with Crippen LogP contribution in [0.2, 0.25) is 0 Å². The molecule has 0 aromatic heterocycles. The first kappa shape index (κ1) is 14.1. The van der Waals surface area contributed by atoms with Crippen LogP contribution in [-0.2, 0) is 6.54 Å². The molecule has 3 rings (SSSR count). The van der Waals surface area contributed by atoms with Crippen LogP contribution in [0.3, 0.4) is 0 Å². The normalized spacial score (nSPS) is 24.6. The molecule has 2 aliphatic rings. The number of rotatable bonds is 5. The number of nitrogens with one attached hydrogen (secondary N) is 1. The van der Waals surface area contributed by atoms with Gasteiger partial charge >= 0.3 is 0 Å². The van der Waals surface area contributed by atoms with Crippen molar-refractivity contribution in [2.75, 3.05) is 19.6 Å². The molecule has 1 aliphatic heterocycles. The van der Waals surface area contributed by atoms with Gasteiger partial charge in [0, 0.05) is 19.1 Å². The molecule has 1 saturated carbocycles. The summed E-state index contributed by atoms with van der Waals surface area (Å²) in [6.45, 7) is 7.01. The van der Waals surface area contributed by atoms with Gasteiger partial charge < -0.3 is 5.32 Å². The first-order valence-electron chi connectivity index (χ1n) is 8.31. The van der Waals surface area contributed by atoms with Crippen molar-refractivity contribution >= 4 is 0 Å². The Morgan fingerprint density at radius 2 is 1.90 bits per heavy atom. The number of likely N-dealkylation sites (tertiary alicyclic amines) is 1. The fourth-order valence-electron chi connectivity index (χ4n) is 3.35. The molecule has 20 heavy (non-hydrogen) atoms. The van der Waals surface area contributed by atoms with Crippen molar-refractivity contribution < 1.29 is 0 Å². The van der Waals surface area contributed by atoms with Gasteiger partial charge in [-0.1, -0.05) is 36.2 Å². The van der Waals surface area contributed by atoms with Crippen LogP contribution in [0, 0.1) is 12.8 Å². The zero-order valence-electron chi connectivity index (χ0n) is 12.8.